The van der Waals surface area contributed by atoms with Gasteiger partial charge in [0.15, 0.2) is 0 Å². The lowest BCUT2D eigenvalue weighted by Gasteiger charge is -2.08. The van der Waals surface area contributed by atoms with Gasteiger partial charge in [-0.25, -0.2) is 4.98 Å². The van der Waals surface area contributed by atoms with Crippen LogP contribution >= 0.6 is 23.2 Å². The second-order valence-corrected chi connectivity index (χ2v) is 5.52. The van der Waals surface area contributed by atoms with E-state index in [1.165, 1.54) is 5.56 Å². The van der Waals surface area contributed by atoms with Gasteiger partial charge in [-0.15, -0.1) is 11.6 Å². The maximum absolute atomic E-state index is 6.05. The van der Waals surface area contributed by atoms with Gasteiger partial charge in [0.25, 0.3) is 0 Å². The summed E-state index contributed by atoms with van der Waals surface area (Å²) >= 11 is 12.1. The lowest BCUT2D eigenvalue weighted by atomic mass is 10.2. The van der Waals surface area contributed by atoms with E-state index in [-0.39, 0.29) is 0 Å². The van der Waals surface area contributed by atoms with Gasteiger partial charge in [-0.1, -0.05) is 35.9 Å². The first kappa shape index (κ1) is 13.5. The van der Waals surface area contributed by atoms with Gasteiger partial charge in [0, 0.05) is 11.6 Å². The summed E-state index contributed by atoms with van der Waals surface area (Å²) in [5.74, 6) is 1.28. The molecule has 4 heteroatoms. The zero-order chi connectivity index (χ0) is 14.1. The predicted molar refractivity (Wildman–Crippen MR) is 84.6 cm³/mol. The highest BCUT2D eigenvalue weighted by Gasteiger charge is 2.11. The molecule has 3 aromatic rings. The molecule has 20 heavy (non-hydrogen) atoms. The van der Waals surface area contributed by atoms with Crippen molar-refractivity contribution in [1.29, 1.82) is 0 Å². The van der Waals surface area contributed by atoms with Gasteiger partial charge in [-0.05, 0) is 36.2 Å². The van der Waals surface area contributed by atoms with Crippen LogP contribution in [0, 0.1) is 6.92 Å². The highest BCUT2D eigenvalue weighted by molar-refractivity contribution is 6.30. The predicted octanol–water partition coefficient (Wildman–Crippen LogP) is 4.79. The first-order chi connectivity index (χ1) is 9.69. The van der Waals surface area contributed by atoms with E-state index in [0.717, 1.165) is 34.0 Å². The number of rotatable bonds is 3. The number of imidazole rings is 1. The first-order valence-corrected chi connectivity index (χ1v) is 7.35. The molecule has 0 aliphatic carbocycles. The average molecular weight is 305 g/mol. The molecule has 0 spiro atoms. The molecule has 0 N–H and O–H groups in total. The molecule has 0 fully saturated rings. The second kappa shape index (κ2) is 5.47. The highest BCUT2D eigenvalue weighted by Crippen LogP contribution is 2.22. The molecule has 0 saturated carbocycles. The van der Waals surface area contributed by atoms with Gasteiger partial charge >= 0.3 is 0 Å². The van der Waals surface area contributed by atoms with Crippen molar-refractivity contribution in [1.82, 2.24) is 9.55 Å². The summed E-state index contributed by atoms with van der Waals surface area (Å²) in [6.07, 6.45) is 0. The zero-order valence-corrected chi connectivity index (χ0v) is 12.6. The van der Waals surface area contributed by atoms with E-state index >= 15 is 0 Å². The minimum Gasteiger partial charge on any atom is -0.322 e. The third-order valence-corrected chi connectivity index (χ3v) is 3.88. The van der Waals surface area contributed by atoms with E-state index in [9.17, 15) is 0 Å². The van der Waals surface area contributed by atoms with Crippen LogP contribution in [0.15, 0.2) is 42.5 Å². The maximum Gasteiger partial charge on any atom is 0.125 e. The number of aryl methyl sites for hydroxylation is 1. The summed E-state index contributed by atoms with van der Waals surface area (Å²) in [7, 11) is 0. The van der Waals surface area contributed by atoms with Gasteiger partial charge in [0.05, 0.1) is 16.9 Å². The fourth-order valence-corrected chi connectivity index (χ4v) is 2.85. The van der Waals surface area contributed by atoms with Crippen molar-refractivity contribution in [2.45, 2.75) is 19.3 Å². The lowest BCUT2D eigenvalue weighted by molar-refractivity contribution is 0.779. The third-order valence-electron chi connectivity index (χ3n) is 3.41. The van der Waals surface area contributed by atoms with Crippen LogP contribution in [0.3, 0.4) is 0 Å². The fraction of sp³-hybridized carbons (Fsp3) is 0.188. The lowest BCUT2D eigenvalue weighted by Crippen LogP contribution is -2.03. The Labute approximate surface area is 128 Å². The van der Waals surface area contributed by atoms with Crippen molar-refractivity contribution in [3.63, 3.8) is 0 Å². The van der Waals surface area contributed by atoms with Crippen LogP contribution < -0.4 is 0 Å². The molecule has 102 valence electrons. The molecule has 1 aromatic heterocycles. The Morgan fingerprint density at radius 3 is 2.70 bits per heavy atom. The Kier molecular flexibility index (Phi) is 3.68. The number of alkyl halides is 1. The van der Waals surface area contributed by atoms with E-state index in [1.54, 1.807) is 0 Å². The summed E-state index contributed by atoms with van der Waals surface area (Å²) in [4.78, 5) is 4.65. The number of hydrogen-bond donors (Lipinski definition) is 0. The fourth-order valence-electron chi connectivity index (χ4n) is 2.43. The summed E-state index contributed by atoms with van der Waals surface area (Å²) in [6.45, 7) is 2.79. The number of fused-ring (bicyclic) bond motifs is 1. The number of hydrogen-bond acceptors (Lipinski definition) is 1. The van der Waals surface area contributed by atoms with E-state index in [0.29, 0.717) is 5.88 Å². The third kappa shape index (κ3) is 2.41. The van der Waals surface area contributed by atoms with Crippen molar-refractivity contribution in [2.75, 3.05) is 0 Å². The Morgan fingerprint density at radius 1 is 1.15 bits per heavy atom. The standard InChI is InChI=1S/C16H14Cl2N2/c1-11-4-2-7-14-16(11)19-15(9-17)20(14)10-12-5-3-6-13(18)8-12/h2-8H,9-10H2,1H3. The molecule has 0 amide bonds. The topological polar surface area (TPSA) is 17.8 Å². The van der Waals surface area contributed by atoms with Gasteiger partial charge in [-0.3, -0.25) is 0 Å². The Bertz CT molecular complexity index is 762. The SMILES string of the molecule is Cc1cccc2c1nc(CCl)n2Cc1cccc(Cl)c1. The number of para-hydroxylation sites is 1. The molecular formula is C16H14Cl2N2. The number of halogens is 2. The molecule has 0 bridgehead atoms. The molecular weight excluding hydrogens is 291 g/mol. The minimum atomic E-state index is 0.398. The molecule has 0 aliphatic heterocycles. The largest absolute Gasteiger partial charge is 0.322 e. The quantitative estimate of drug-likeness (QED) is 0.636. The molecule has 0 radical (unpaired) electrons. The van der Waals surface area contributed by atoms with Crippen LogP contribution in [0.25, 0.3) is 11.0 Å². The van der Waals surface area contributed by atoms with E-state index in [1.807, 2.05) is 24.3 Å². The van der Waals surface area contributed by atoms with Crippen molar-refractivity contribution in [2.24, 2.45) is 0 Å². The summed E-state index contributed by atoms with van der Waals surface area (Å²) in [6, 6.07) is 14.1. The number of nitrogens with zero attached hydrogens (tertiary/aromatic N) is 2. The Balaban J connectivity index is 2.12. The van der Waals surface area contributed by atoms with Gasteiger partial charge in [0.2, 0.25) is 0 Å². The van der Waals surface area contributed by atoms with Crippen LogP contribution in [0.5, 0.6) is 0 Å². The van der Waals surface area contributed by atoms with Crippen LogP contribution in [0.4, 0.5) is 0 Å². The van der Waals surface area contributed by atoms with Gasteiger partial charge < -0.3 is 4.57 Å². The van der Waals surface area contributed by atoms with Crippen LogP contribution in [0.1, 0.15) is 17.0 Å². The van der Waals surface area contributed by atoms with Crippen LogP contribution in [0.2, 0.25) is 5.02 Å². The minimum absolute atomic E-state index is 0.398. The van der Waals surface area contributed by atoms with Crippen LogP contribution in [-0.4, -0.2) is 9.55 Å². The normalized spacial score (nSPS) is 11.2. The summed E-state index contributed by atoms with van der Waals surface area (Å²) < 4.78 is 2.15. The highest BCUT2D eigenvalue weighted by atomic mass is 35.5. The van der Waals surface area contributed by atoms with E-state index < -0.39 is 0 Å². The molecule has 2 aromatic carbocycles. The van der Waals surface area contributed by atoms with Crippen LogP contribution in [-0.2, 0) is 12.4 Å². The molecule has 2 nitrogen and oxygen atoms in total. The monoisotopic (exact) mass is 304 g/mol. The average Bonchev–Trinajstić information content (AvgIpc) is 2.79. The summed E-state index contributed by atoms with van der Waals surface area (Å²) in [5, 5.41) is 0.746. The van der Waals surface area contributed by atoms with Crippen molar-refractivity contribution >= 4 is 34.2 Å². The van der Waals surface area contributed by atoms with E-state index in [2.05, 4.69) is 34.7 Å². The molecule has 0 unspecified atom stereocenters. The first-order valence-electron chi connectivity index (χ1n) is 6.44. The second-order valence-electron chi connectivity index (χ2n) is 4.82. The number of benzene rings is 2. The Morgan fingerprint density at radius 2 is 1.95 bits per heavy atom. The Hall–Kier alpha value is -1.51. The zero-order valence-electron chi connectivity index (χ0n) is 11.1. The van der Waals surface area contributed by atoms with E-state index in [4.69, 9.17) is 23.2 Å². The van der Waals surface area contributed by atoms with Crippen molar-refractivity contribution in [3.8, 4) is 0 Å². The molecule has 0 aliphatic rings. The molecule has 0 saturated heterocycles. The number of aromatic nitrogens is 2. The maximum atomic E-state index is 6.05. The summed E-state index contributed by atoms with van der Waals surface area (Å²) in [5.41, 5.74) is 4.44. The van der Waals surface area contributed by atoms with Crippen molar-refractivity contribution in [3.05, 3.63) is 64.4 Å². The molecule has 3 rings (SSSR count). The molecule has 0 atom stereocenters. The van der Waals surface area contributed by atoms with Gasteiger partial charge in [-0.2, -0.15) is 0 Å². The smallest absolute Gasteiger partial charge is 0.125 e. The van der Waals surface area contributed by atoms with Crippen molar-refractivity contribution < 1.29 is 0 Å². The van der Waals surface area contributed by atoms with Gasteiger partial charge in [0.1, 0.15) is 5.82 Å². The molecule has 1 heterocycles.